The lowest BCUT2D eigenvalue weighted by atomic mass is 9.89. The SMILES string of the molecule is COC(=O)OC1=C(C)N(CC(=O)OC(C)(C)C)C(=O)CC1c1cc(Cl)ccc1Cl. The molecule has 0 bridgehead atoms. The molecule has 1 heterocycles. The van der Waals surface area contributed by atoms with Crippen LogP contribution in [0, 0.1) is 0 Å². The highest BCUT2D eigenvalue weighted by Gasteiger charge is 2.38. The first-order valence-electron chi connectivity index (χ1n) is 8.86. The number of rotatable bonds is 4. The fraction of sp³-hybridized carbons (Fsp3) is 0.450. The van der Waals surface area contributed by atoms with Crippen LogP contribution in [-0.2, 0) is 23.8 Å². The summed E-state index contributed by atoms with van der Waals surface area (Å²) in [6.07, 6.45) is -1.03. The molecule has 1 aromatic carbocycles. The van der Waals surface area contributed by atoms with Gasteiger partial charge in [0.15, 0.2) is 0 Å². The van der Waals surface area contributed by atoms with E-state index in [1.54, 1.807) is 45.9 Å². The topological polar surface area (TPSA) is 82.1 Å². The van der Waals surface area contributed by atoms with Gasteiger partial charge in [-0.15, -0.1) is 0 Å². The van der Waals surface area contributed by atoms with Crippen molar-refractivity contribution in [3.8, 4) is 0 Å². The quantitative estimate of drug-likeness (QED) is 0.628. The number of benzene rings is 1. The van der Waals surface area contributed by atoms with E-state index in [0.717, 1.165) is 0 Å². The lowest BCUT2D eigenvalue weighted by Gasteiger charge is -2.34. The smallest absolute Gasteiger partial charge is 0.459 e. The second-order valence-electron chi connectivity index (χ2n) is 7.49. The summed E-state index contributed by atoms with van der Waals surface area (Å²) in [5, 5.41) is 0.787. The van der Waals surface area contributed by atoms with Gasteiger partial charge in [0.2, 0.25) is 5.91 Å². The first-order valence-corrected chi connectivity index (χ1v) is 9.62. The third-order valence-electron chi connectivity index (χ3n) is 4.16. The van der Waals surface area contributed by atoms with E-state index in [4.69, 9.17) is 32.7 Å². The van der Waals surface area contributed by atoms with Gasteiger partial charge in [0.1, 0.15) is 17.9 Å². The highest BCUT2D eigenvalue weighted by molar-refractivity contribution is 6.33. The van der Waals surface area contributed by atoms with Crippen LogP contribution in [0.2, 0.25) is 10.0 Å². The first-order chi connectivity index (χ1) is 13.4. The van der Waals surface area contributed by atoms with Gasteiger partial charge in [0.25, 0.3) is 0 Å². The Labute approximate surface area is 179 Å². The van der Waals surface area contributed by atoms with E-state index in [0.29, 0.717) is 21.3 Å². The molecule has 9 heteroatoms. The van der Waals surface area contributed by atoms with Crippen molar-refractivity contribution >= 4 is 41.2 Å². The maximum Gasteiger partial charge on any atom is 0.513 e. The van der Waals surface area contributed by atoms with Crippen molar-refractivity contribution in [2.45, 2.75) is 45.6 Å². The van der Waals surface area contributed by atoms with Crippen molar-refractivity contribution in [2.24, 2.45) is 0 Å². The Morgan fingerprint density at radius 3 is 2.48 bits per heavy atom. The second kappa shape index (κ2) is 9.05. The lowest BCUT2D eigenvalue weighted by Crippen LogP contribution is -2.42. The minimum Gasteiger partial charge on any atom is -0.459 e. The summed E-state index contributed by atoms with van der Waals surface area (Å²) >= 11 is 12.4. The fourth-order valence-corrected chi connectivity index (χ4v) is 3.40. The molecule has 1 aliphatic rings. The molecule has 0 saturated carbocycles. The average Bonchev–Trinajstić information content (AvgIpc) is 2.61. The molecule has 1 aliphatic heterocycles. The van der Waals surface area contributed by atoms with Gasteiger partial charge in [-0.1, -0.05) is 23.2 Å². The minimum absolute atomic E-state index is 0.0769. The molecule has 0 aliphatic carbocycles. The van der Waals surface area contributed by atoms with E-state index < -0.39 is 23.6 Å². The third kappa shape index (κ3) is 5.87. The number of hydrogen-bond donors (Lipinski definition) is 0. The molecule has 1 aromatic rings. The van der Waals surface area contributed by atoms with E-state index >= 15 is 0 Å². The molecule has 0 radical (unpaired) electrons. The van der Waals surface area contributed by atoms with Crippen LogP contribution in [0.25, 0.3) is 0 Å². The van der Waals surface area contributed by atoms with E-state index in [-0.39, 0.29) is 24.6 Å². The molecule has 1 unspecified atom stereocenters. The number of esters is 1. The van der Waals surface area contributed by atoms with Crippen molar-refractivity contribution < 1.29 is 28.6 Å². The Bertz CT molecular complexity index is 859. The number of hydrogen-bond acceptors (Lipinski definition) is 6. The van der Waals surface area contributed by atoms with Crippen LogP contribution in [0.15, 0.2) is 29.7 Å². The Morgan fingerprint density at radius 1 is 1.24 bits per heavy atom. The van der Waals surface area contributed by atoms with Crippen LogP contribution in [0.5, 0.6) is 0 Å². The van der Waals surface area contributed by atoms with E-state index in [1.165, 1.54) is 12.0 Å². The second-order valence-corrected chi connectivity index (χ2v) is 8.34. The first kappa shape index (κ1) is 23.0. The zero-order chi connectivity index (χ0) is 21.9. The number of amides is 1. The summed E-state index contributed by atoms with van der Waals surface area (Å²) in [6, 6.07) is 4.82. The van der Waals surface area contributed by atoms with Crippen molar-refractivity contribution in [1.82, 2.24) is 4.90 Å². The summed E-state index contributed by atoms with van der Waals surface area (Å²) in [6.45, 7) is 6.45. The van der Waals surface area contributed by atoms with Crippen LogP contribution in [0.3, 0.4) is 0 Å². The zero-order valence-corrected chi connectivity index (χ0v) is 18.4. The van der Waals surface area contributed by atoms with E-state index in [1.807, 2.05) is 0 Å². The molecule has 1 atom stereocenters. The summed E-state index contributed by atoms with van der Waals surface area (Å²) in [5.74, 6) is -1.43. The van der Waals surface area contributed by atoms with Gasteiger partial charge in [-0.3, -0.25) is 9.59 Å². The molecule has 0 spiro atoms. The van der Waals surface area contributed by atoms with Crippen molar-refractivity contribution in [1.29, 1.82) is 0 Å². The van der Waals surface area contributed by atoms with Gasteiger partial charge in [-0.05, 0) is 51.5 Å². The molecular weight excluding hydrogens is 421 g/mol. The van der Waals surface area contributed by atoms with E-state index in [9.17, 15) is 14.4 Å². The lowest BCUT2D eigenvalue weighted by molar-refractivity contribution is -0.158. The molecule has 29 heavy (non-hydrogen) atoms. The predicted molar refractivity (Wildman–Crippen MR) is 108 cm³/mol. The Balaban J connectivity index is 2.46. The van der Waals surface area contributed by atoms with Gasteiger partial charge >= 0.3 is 12.1 Å². The number of allylic oxidation sites excluding steroid dienone is 2. The molecule has 158 valence electrons. The Kier molecular flexibility index (Phi) is 7.19. The van der Waals surface area contributed by atoms with Gasteiger partial charge in [0, 0.05) is 16.5 Å². The molecule has 0 N–H and O–H groups in total. The van der Waals surface area contributed by atoms with Gasteiger partial charge < -0.3 is 19.1 Å². The molecule has 0 fully saturated rings. The number of halogens is 2. The zero-order valence-electron chi connectivity index (χ0n) is 16.9. The standard InChI is InChI=1S/C20H23Cl2NO6/c1-11-18(28-19(26)27-5)14(13-8-12(21)6-7-15(13)22)9-16(24)23(11)10-17(25)29-20(2,3)4/h6-8,14H,9-10H2,1-5H3. The molecule has 0 saturated heterocycles. The molecular formula is C20H23Cl2NO6. The largest absolute Gasteiger partial charge is 0.513 e. The number of methoxy groups -OCH3 is 1. The van der Waals surface area contributed by atoms with E-state index in [2.05, 4.69) is 4.74 Å². The van der Waals surface area contributed by atoms with Gasteiger partial charge in [-0.2, -0.15) is 0 Å². The van der Waals surface area contributed by atoms with Crippen LogP contribution >= 0.6 is 23.2 Å². The predicted octanol–water partition coefficient (Wildman–Crippen LogP) is 4.67. The van der Waals surface area contributed by atoms with Crippen molar-refractivity contribution in [3.05, 3.63) is 45.3 Å². The Hall–Kier alpha value is -2.25. The highest BCUT2D eigenvalue weighted by atomic mass is 35.5. The van der Waals surface area contributed by atoms with Crippen LogP contribution < -0.4 is 0 Å². The molecule has 0 aromatic heterocycles. The number of carbonyl (C=O) groups is 3. The highest BCUT2D eigenvalue weighted by Crippen LogP contribution is 2.40. The Morgan fingerprint density at radius 2 is 1.90 bits per heavy atom. The number of carbonyl (C=O) groups excluding carboxylic acids is 3. The van der Waals surface area contributed by atoms with Gasteiger partial charge in [0.05, 0.1) is 18.7 Å². The van der Waals surface area contributed by atoms with Crippen molar-refractivity contribution in [3.63, 3.8) is 0 Å². The maximum atomic E-state index is 12.8. The maximum absolute atomic E-state index is 12.8. The number of ether oxygens (including phenoxy) is 3. The molecule has 7 nitrogen and oxygen atoms in total. The number of nitrogens with zero attached hydrogens (tertiary/aromatic N) is 1. The van der Waals surface area contributed by atoms with Crippen molar-refractivity contribution in [2.75, 3.05) is 13.7 Å². The molecule has 2 rings (SSSR count). The molecule has 1 amide bonds. The monoisotopic (exact) mass is 443 g/mol. The summed E-state index contributed by atoms with van der Waals surface area (Å²) in [7, 11) is 1.17. The summed E-state index contributed by atoms with van der Waals surface area (Å²) in [5.41, 5.74) is 0.122. The fourth-order valence-electron chi connectivity index (χ4n) is 2.97. The van der Waals surface area contributed by atoms with Crippen LogP contribution in [-0.4, -0.2) is 42.2 Å². The summed E-state index contributed by atoms with van der Waals surface area (Å²) < 4.78 is 15.2. The van der Waals surface area contributed by atoms with Crippen LogP contribution in [0.4, 0.5) is 4.79 Å². The van der Waals surface area contributed by atoms with Crippen LogP contribution in [0.1, 0.15) is 45.6 Å². The average molecular weight is 444 g/mol. The summed E-state index contributed by atoms with van der Waals surface area (Å²) in [4.78, 5) is 38.1. The minimum atomic E-state index is -0.950. The third-order valence-corrected chi connectivity index (χ3v) is 4.74. The normalized spacial score (nSPS) is 17.3. The van der Waals surface area contributed by atoms with Gasteiger partial charge in [-0.25, -0.2) is 4.79 Å².